The largest absolute Gasteiger partial charge is 0.495 e. The van der Waals surface area contributed by atoms with Crippen molar-refractivity contribution < 1.29 is 9.53 Å². The minimum atomic E-state index is 0.122. The molecule has 0 radical (unpaired) electrons. The molecule has 1 fully saturated rings. The Bertz CT molecular complexity index is 511. The van der Waals surface area contributed by atoms with Gasteiger partial charge in [0.25, 0.3) is 0 Å². The molecule has 0 saturated carbocycles. The average molecular weight is 319 g/mol. The highest BCUT2D eigenvalue weighted by Crippen LogP contribution is 2.28. The number of hydrogen-bond acceptors (Lipinski definition) is 4. The Balaban J connectivity index is 1.83. The van der Waals surface area contributed by atoms with Crippen LogP contribution in [0.3, 0.4) is 0 Å². The first-order chi connectivity index (χ1) is 11.0. The minimum Gasteiger partial charge on any atom is -0.495 e. The van der Waals surface area contributed by atoms with Crippen molar-refractivity contribution in [2.24, 2.45) is 5.92 Å². The predicted molar refractivity (Wildman–Crippen MR) is 94.1 cm³/mol. The Hall–Kier alpha value is -1.75. The van der Waals surface area contributed by atoms with Crippen LogP contribution >= 0.6 is 0 Å². The molecule has 128 valence electrons. The zero-order chi connectivity index (χ0) is 16.8. The van der Waals surface area contributed by atoms with Gasteiger partial charge in [-0.2, -0.15) is 0 Å². The van der Waals surface area contributed by atoms with Gasteiger partial charge in [0.15, 0.2) is 0 Å². The van der Waals surface area contributed by atoms with E-state index in [2.05, 4.69) is 42.0 Å². The Morgan fingerprint density at radius 2 is 1.83 bits per heavy atom. The van der Waals surface area contributed by atoms with Crippen LogP contribution in [0.15, 0.2) is 24.3 Å². The molecule has 5 nitrogen and oxygen atoms in total. The molecule has 23 heavy (non-hydrogen) atoms. The molecule has 1 atom stereocenters. The first kappa shape index (κ1) is 17.6. The summed E-state index contributed by atoms with van der Waals surface area (Å²) in [5, 5.41) is 3.07. The lowest BCUT2D eigenvalue weighted by molar-refractivity contribution is -0.123. The first-order valence-corrected chi connectivity index (χ1v) is 8.41. The van der Waals surface area contributed by atoms with Crippen molar-refractivity contribution >= 4 is 11.6 Å². The molecule has 1 aliphatic rings. The van der Waals surface area contributed by atoms with Crippen LogP contribution < -0.4 is 15.0 Å². The lowest BCUT2D eigenvalue weighted by Crippen LogP contribution is -2.50. The summed E-state index contributed by atoms with van der Waals surface area (Å²) in [7, 11) is 1.70. The second-order valence-electron chi connectivity index (χ2n) is 6.54. The Morgan fingerprint density at radius 3 is 2.43 bits per heavy atom. The van der Waals surface area contributed by atoms with E-state index in [1.54, 1.807) is 7.11 Å². The van der Waals surface area contributed by atoms with E-state index in [1.807, 2.05) is 18.2 Å². The van der Waals surface area contributed by atoms with Gasteiger partial charge in [-0.15, -0.1) is 0 Å². The van der Waals surface area contributed by atoms with Crippen molar-refractivity contribution in [3.05, 3.63) is 24.3 Å². The van der Waals surface area contributed by atoms with Crippen LogP contribution in [-0.4, -0.2) is 56.7 Å². The molecule has 1 N–H and O–H groups in total. The first-order valence-electron chi connectivity index (χ1n) is 8.41. The lowest BCUT2D eigenvalue weighted by atomic mass is 10.1. The zero-order valence-corrected chi connectivity index (χ0v) is 14.7. The predicted octanol–water partition coefficient (Wildman–Crippen LogP) is 1.98. The van der Waals surface area contributed by atoms with Crippen molar-refractivity contribution in [3.63, 3.8) is 0 Å². The topological polar surface area (TPSA) is 44.8 Å². The van der Waals surface area contributed by atoms with Crippen LogP contribution in [0.2, 0.25) is 0 Å². The molecule has 5 heteroatoms. The van der Waals surface area contributed by atoms with Crippen LogP contribution in [0.4, 0.5) is 5.69 Å². The minimum absolute atomic E-state index is 0.122. The van der Waals surface area contributed by atoms with E-state index in [0.717, 1.165) is 37.6 Å². The van der Waals surface area contributed by atoms with Gasteiger partial charge in [0.1, 0.15) is 5.75 Å². The van der Waals surface area contributed by atoms with Crippen molar-refractivity contribution in [2.45, 2.75) is 26.8 Å². The summed E-state index contributed by atoms with van der Waals surface area (Å²) in [5.41, 5.74) is 1.13. The van der Waals surface area contributed by atoms with Crippen LogP contribution in [0.5, 0.6) is 5.75 Å². The number of amides is 1. The van der Waals surface area contributed by atoms with E-state index in [1.165, 1.54) is 0 Å². The SMILES string of the molecule is COc1ccccc1N1CCN(CC(=O)N[C@H](C)C(C)C)CC1. The van der Waals surface area contributed by atoms with E-state index in [-0.39, 0.29) is 11.9 Å². The molecule has 1 saturated heterocycles. The Kier molecular flexibility index (Phi) is 6.28. The number of carbonyl (C=O) groups is 1. The second-order valence-corrected chi connectivity index (χ2v) is 6.54. The third kappa shape index (κ3) is 4.86. The summed E-state index contributed by atoms with van der Waals surface area (Å²) >= 11 is 0. The monoisotopic (exact) mass is 319 g/mol. The second kappa shape index (κ2) is 8.20. The van der Waals surface area contributed by atoms with E-state index >= 15 is 0 Å². The summed E-state index contributed by atoms with van der Waals surface area (Å²) < 4.78 is 5.44. The summed E-state index contributed by atoms with van der Waals surface area (Å²) in [6, 6.07) is 8.31. The maximum atomic E-state index is 12.1. The zero-order valence-electron chi connectivity index (χ0n) is 14.7. The molecular weight excluding hydrogens is 290 g/mol. The summed E-state index contributed by atoms with van der Waals surface area (Å²) in [5.74, 6) is 1.49. The summed E-state index contributed by atoms with van der Waals surface area (Å²) in [4.78, 5) is 16.6. The molecule has 0 spiro atoms. The molecule has 1 aromatic rings. The molecule has 0 bridgehead atoms. The van der Waals surface area contributed by atoms with Crippen LogP contribution in [-0.2, 0) is 4.79 Å². The molecule has 1 aliphatic heterocycles. The maximum absolute atomic E-state index is 12.1. The number of piperazine rings is 1. The standard InChI is InChI=1S/C18H29N3O2/c1-14(2)15(3)19-18(22)13-20-9-11-21(12-10-20)16-7-5-6-8-17(16)23-4/h5-8,14-15H,9-13H2,1-4H3,(H,19,22)/t15-/m1/s1. The Morgan fingerprint density at radius 1 is 1.17 bits per heavy atom. The quantitative estimate of drug-likeness (QED) is 0.871. The van der Waals surface area contributed by atoms with Gasteiger partial charge in [0.05, 0.1) is 19.3 Å². The van der Waals surface area contributed by atoms with Gasteiger partial charge < -0.3 is 15.0 Å². The molecule has 1 heterocycles. The number of para-hydroxylation sites is 2. The maximum Gasteiger partial charge on any atom is 0.234 e. The van der Waals surface area contributed by atoms with Crippen molar-refractivity contribution in [1.82, 2.24) is 10.2 Å². The third-order valence-electron chi connectivity index (χ3n) is 4.55. The number of rotatable bonds is 6. The molecule has 1 amide bonds. The number of nitrogens with zero attached hydrogens (tertiary/aromatic N) is 2. The van der Waals surface area contributed by atoms with E-state index < -0.39 is 0 Å². The fourth-order valence-electron chi connectivity index (χ4n) is 2.71. The number of nitrogens with one attached hydrogen (secondary N) is 1. The molecule has 0 unspecified atom stereocenters. The summed E-state index contributed by atoms with van der Waals surface area (Å²) in [6.07, 6.45) is 0. The van der Waals surface area contributed by atoms with Gasteiger partial charge in [-0.05, 0) is 25.0 Å². The van der Waals surface area contributed by atoms with Crippen LogP contribution in [0.1, 0.15) is 20.8 Å². The number of benzene rings is 1. The van der Waals surface area contributed by atoms with Gasteiger partial charge in [0, 0.05) is 32.2 Å². The Labute approximate surface area is 139 Å². The van der Waals surface area contributed by atoms with Crippen molar-refractivity contribution in [2.75, 3.05) is 44.7 Å². The number of anilines is 1. The molecule has 2 rings (SSSR count). The van der Waals surface area contributed by atoms with Gasteiger partial charge in [-0.1, -0.05) is 26.0 Å². The van der Waals surface area contributed by atoms with E-state index in [0.29, 0.717) is 12.5 Å². The lowest BCUT2D eigenvalue weighted by Gasteiger charge is -2.36. The molecule has 0 aliphatic carbocycles. The van der Waals surface area contributed by atoms with Gasteiger partial charge in [-0.25, -0.2) is 0 Å². The normalized spacial score (nSPS) is 17.2. The number of methoxy groups -OCH3 is 1. The molecule has 1 aromatic carbocycles. The smallest absolute Gasteiger partial charge is 0.234 e. The van der Waals surface area contributed by atoms with Crippen LogP contribution in [0.25, 0.3) is 0 Å². The van der Waals surface area contributed by atoms with Crippen molar-refractivity contribution in [1.29, 1.82) is 0 Å². The third-order valence-corrected chi connectivity index (χ3v) is 4.55. The molecular formula is C18H29N3O2. The fourth-order valence-corrected chi connectivity index (χ4v) is 2.71. The fraction of sp³-hybridized carbons (Fsp3) is 0.611. The van der Waals surface area contributed by atoms with Gasteiger partial charge in [0.2, 0.25) is 5.91 Å². The number of hydrogen-bond donors (Lipinski definition) is 1. The van der Waals surface area contributed by atoms with Gasteiger partial charge in [-0.3, -0.25) is 9.69 Å². The summed E-state index contributed by atoms with van der Waals surface area (Å²) in [6.45, 7) is 10.4. The average Bonchev–Trinajstić information content (AvgIpc) is 2.55. The molecule has 0 aromatic heterocycles. The van der Waals surface area contributed by atoms with Crippen molar-refractivity contribution in [3.8, 4) is 5.75 Å². The van der Waals surface area contributed by atoms with Crippen LogP contribution in [0, 0.1) is 5.92 Å². The number of ether oxygens (including phenoxy) is 1. The number of carbonyl (C=O) groups excluding carboxylic acids is 1. The van der Waals surface area contributed by atoms with E-state index in [9.17, 15) is 4.79 Å². The van der Waals surface area contributed by atoms with E-state index in [4.69, 9.17) is 4.74 Å². The highest BCUT2D eigenvalue weighted by molar-refractivity contribution is 5.78. The highest BCUT2D eigenvalue weighted by atomic mass is 16.5. The van der Waals surface area contributed by atoms with Gasteiger partial charge >= 0.3 is 0 Å². The highest BCUT2D eigenvalue weighted by Gasteiger charge is 2.21.